The molecular weight excluding hydrogens is 222 g/mol. The lowest BCUT2D eigenvalue weighted by molar-refractivity contribution is 0.329. The molecule has 0 amide bonds. The van der Waals surface area contributed by atoms with Gasteiger partial charge in [0.05, 0.1) is 6.61 Å². The largest absolute Gasteiger partial charge is 0.493 e. The minimum atomic E-state index is 0.599. The number of aliphatic imine (C=N–C) groups is 1. The fourth-order valence-electron chi connectivity index (χ4n) is 1.32. The maximum absolute atomic E-state index is 5.60. The van der Waals surface area contributed by atoms with Gasteiger partial charge in [0.2, 0.25) is 0 Å². The Morgan fingerprint density at radius 3 is 2.61 bits per heavy atom. The van der Waals surface area contributed by atoms with Gasteiger partial charge in [-0.1, -0.05) is 39.1 Å². The number of aryl methyl sites for hydroxylation is 1. The monoisotopic (exact) mass is 245 g/mol. The van der Waals surface area contributed by atoms with E-state index in [1.54, 1.807) is 6.08 Å². The Kier molecular flexibility index (Phi) is 9.28. The van der Waals surface area contributed by atoms with Gasteiger partial charge >= 0.3 is 0 Å². The Morgan fingerprint density at radius 2 is 2.06 bits per heavy atom. The summed E-state index contributed by atoms with van der Waals surface area (Å²) in [6.07, 6.45) is 3.98. The van der Waals surface area contributed by atoms with E-state index in [0.717, 1.165) is 17.9 Å². The zero-order chi connectivity index (χ0) is 13.8. The number of benzene rings is 1. The van der Waals surface area contributed by atoms with Crippen LogP contribution in [0.3, 0.4) is 0 Å². The van der Waals surface area contributed by atoms with Gasteiger partial charge in [-0.3, -0.25) is 4.99 Å². The van der Waals surface area contributed by atoms with Crippen molar-refractivity contribution in [2.45, 2.75) is 27.2 Å². The molecule has 0 saturated heterocycles. The van der Waals surface area contributed by atoms with Gasteiger partial charge in [0.15, 0.2) is 0 Å². The molecule has 0 radical (unpaired) electrons. The number of nitrogens with zero attached hydrogens (tertiary/aromatic N) is 1. The quantitative estimate of drug-likeness (QED) is 0.673. The van der Waals surface area contributed by atoms with E-state index in [2.05, 4.69) is 18.2 Å². The molecule has 0 atom stereocenters. The van der Waals surface area contributed by atoms with Crippen molar-refractivity contribution in [1.82, 2.24) is 0 Å². The van der Waals surface area contributed by atoms with Gasteiger partial charge in [-0.2, -0.15) is 0 Å². The van der Waals surface area contributed by atoms with Crippen molar-refractivity contribution in [3.8, 4) is 5.75 Å². The smallest absolute Gasteiger partial charge is 0.119 e. The van der Waals surface area contributed by atoms with Crippen molar-refractivity contribution in [2.75, 3.05) is 6.61 Å². The van der Waals surface area contributed by atoms with Crippen LogP contribution in [0.1, 0.15) is 25.8 Å². The van der Waals surface area contributed by atoms with E-state index in [0.29, 0.717) is 6.61 Å². The van der Waals surface area contributed by atoms with E-state index in [-0.39, 0.29) is 0 Å². The summed E-state index contributed by atoms with van der Waals surface area (Å²) in [7, 11) is 0. The molecular formula is C16H23NO. The third-order valence-electron chi connectivity index (χ3n) is 2.11. The van der Waals surface area contributed by atoms with Gasteiger partial charge in [-0.05, 0) is 30.7 Å². The molecule has 0 spiro atoms. The standard InChI is InChI=1S/C14H17NO.C2H6/c1-4-13(15-5-2)9-10-16-14-8-6-7-12(3)11-14;1-2/h4-8,11H,1-2,9-10H2,3H3;1-2H3. The van der Waals surface area contributed by atoms with Crippen molar-refractivity contribution in [3.05, 3.63) is 55.3 Å². The number of hydrogen-bond acceptors (Lipinski definition) is 2. The Labute approximate surface area is 111 Å². The highest BCUT2D eigenvalue weighted by molar-refractivity contribution is 5.94. The molecule has 2 nitrogen and oxygen atoms in total. The lowest BCUT2D eigenvalue weighted by atomic mass is 10.2. The van der Waals surface area contributed by atoms with Crippen molar-refractivity contribution in [2.24, 2.45) is 4.99 Å². The molecule has 0 fully saturated rings. The summed E-state index contributed by atoms with van der Waals surface area (Å²) in [5, 5.41) is 0. The van der Waals surface area contributed by atoms with Crippen LogP contribution >= 0.6 is 0 Å². The van der Waals surface area contributed by atoms with E-state index >= 15 is 0 Å². The summed E-state index contributed by atoms with van der Waals surface area (Å²) in [4.78, 5) is 4.07. The van der Waals surface area contributed by atoms with Crippen LogP contribution in [0.4, 0.5) is 0 Å². The average molecular weight is 245 g/mol. The molecule has 0 saturated carbocycles. The Hall–Kier alpha value is -1.83. The number of allylic oxidation sites excluding steroid dienone is 1. The van der Waals surface area contributed by atoms with Crippen LogP contribution in [0.2, 0.25) is 0 Å². The third-order valence-corrected chi connectivity index (χ3v) is 2.11. The highest BCUT2D eigenvalue weighted by atomic mass is 16.5. The van der Waals surface area contributed by atoms with Crippen molar-refractivity contribution < 1.29 is 4.74 Å². The van der Waals surface area contributed by atoms with Crippen LogP contribution in [0.5, 0.6) is 5.75 Å². The second kappa shape index (κ2) is 10.3. The molecule has 1 aromatic rings. The molecule has 0 aliphatic rings. The lowest BCUT2D eigenvalue weighted by Crippen LogP contribution is -2.03. The van der Waals surface area contributed by atoms with Crippen molar-refractivity contribution in [3.63, 3.8) is 0 Å². The number of ether oxygens (including phenoxy) is 1. The summed E-state index contributed by atoms with van der Waals surface area (Å²) in [5.74, 6) is 0.891. The average Bonchev–Trinajstić information content (AvgIpc) is 2.40. The predicted octanol–water partition coefficient (Wildman–Crippen LogP) is 4.56. The van der Waals surface area contributed by atoms with Gasteiger partial charge in [0, 0.05) is 18.3 Å². The van der Waals surface area contributed by atoms with Gasteiger partial charge in [-0.15, -0.1) is 0 Å². The highest BCUT2D eigenvalue weighted by Gasteiger charge is 1.96. The van der Waals surface area contributed by atoms with Crippen LogP contribution in [0.25, 0.3) is 0 Å². The topological polar surface area (TPSA) is 21.6 Å². The van der Waals surface area contributed by atoms with Crippen molar-refractivity contribution >= 4 is 5.71 Å². The van der Waals surface area contributed by atoms with Gasteiger partial charge < -0.3 is 4.74 Å². The molecule has 0 bridgehead atoms. The van der Waals surface area contributed by atoms with Crippen LogP contribution in [0, 0.1) is 6.92 Å². The first-order chi connectivity index (χ1) is 8.76. The minimum Gasteiger partial charge on any atom is -0.493 e. The van der Waals surface area contributed by atoms with Crippen LogP contribution in [-0.4, -0.2) is 12.3 Å². The molecule has 1 rings (SSSR count). The summed E-state index contributed by atoms with van der Waals surface area (Å²) in [6, 6.07) is 7.99. The van der Waals surface area contributed by atoms with E-state index < -0.39 is 0 Å². The van der Waals surface area contributed by atoms with Crippen LogP contribution in [0.15, 0.2) is 54.7 Å². The van der Waals surface area contributed by atoms with Gasteiger partial charge in [0.25, 0.3) is 0 Å². The SMILES string of the molecule is C=CN=C(C=C)CCOc1cccc(C)c1.CC. The predicted molar refractivity (Wildman–Crippen MR) is 80.5 cm³/mol. The van der Waals surface area contributed by atoms with E-state index in [9.17, 15) is 0 Å². The first kappa shape index (κ1) is 16.2. The van der Waals surface area contributed by atoms with Gasteiger partial charge in [0.1, 0.15) is 5.75 Å². The van der Waals surface area contributed by atoms with E-state index in [4.69, 9.17) is 4.74 Å². The molecule has 0 aromatic heterocycles. The van der Waals surface area contributed by atoms with Gasteiger partial charge in [-0.25, -0.2) is 0 Å². The second-order valence-corrected chi connectivity index (χ2v) is 3.42. The molecule has 0 heterocycles. The fraction of sp³-hybridized carbons (Fsp3) is 0.312. The Bertz CT molecular complexity index is 394. The molecule has 1 aromatic carbocycles. The maximum Gasteiger partial charge on any atom is 0.119 e. The fourth-order valence-corrected chi connectivity index (χ4v) is 1.32. The number of rotatable bonds is 6. The molecule has 0 unspecified atom stereocenters. The number of hydrogen-bond donors (Lipinski definition) is 0. The molecule has 0 N–H and O–H groups in total. The molecule has 18 heavy (non-hydrogen) atoms. The molecule has 0 aliphatic carbocycles. The summed E-state index contributed by atoms with van der Waals surface area (Å²) >= 11 is 0. The summed E-state index contributed by atoms with van der Waals surface area (Å²) < 4.78 is 5.60. The van der Waals surface area contributed by atoms with E-state index in [1.807, 2.05) is 45.0 Å². The maximum atomic E-state index is 5.60. The van der Waals surface area contributed by atoms with Crippen LogP contribution in [-0.2, 0) is 0 Å². The van der Waals surface area contributed by atoms with E-state index in [1.165, 1.54) is 11.8 Å². The Balaban J connectivity index is 0.00000137. The molecule has 98 valence electrons. The first-order valence-electron chi connectivity index (χ1n) is 6.25. The van der Waals surface area contributed by atoms with Crippen LogP contribution < -0.4 is 4.74 Å². The van der Waals surface area contributed by atoms with Crippen molar-refractivity contribution in [1.29, 1.82) is 0 Å². The first-order valence-corrected chi connectivity index (χ1v) is 6.25. The minimum absolute atomic E-state index is 0.599. The summed E-state index contributed by atoms with van der Waals surface area (Å²) in [6.45, 7) is 13.9. The third kappa shape index (κ3) is 6.69. The Morgan fingerprint density at radius 1 is 1.33 bits per heavy atom. The highest BCUT2D eigenvalue weighted by Crippen LogP contribution is 2.12. The zero-order valence-electron chi connectivity index (χ0n) is 11.6. The molecule has 2 heteroatoms. The molecule has 0 aliphatic heterocycles. The second-order valence-electron chi connectivity index (χ2n) is 3.42. The summed E-state index contributed by atoms with van der Waals surface area (Å²) in [5.41, 5.74) is 2.09. The zero-order valence-corrected chi connectivity index (χ0v) is 11.6. The normalized spacial score (nSPS) is 10.1. The lowest BCUT2D eigenvalue weighted by Gasteiger charge is -2.06.